The predicted molar refractivity (Wildman–Crippen MR) is 64.2 cm³/mol. The topological polar surface area (TPSA) is 18.5 Å². The van der Waals surface area contributed by atoms with Crippen LogP contribution in [0, 0.1) is 0 Å². The minimum atomic E-state index is 0.762. The van der Waals surface area contributed by atoms with Crippen molar-refractivity contribution in [1.29, 1.82) is 0 Å². The van der Waals surface area contributed by atoms with Crippen LogP contribution in [0.2, 0.25) is 0 Å². The van der Waals surface area contributed by atoms with Crippen molar-refractivity contribution in [3.63, 3.8) is 0 Å². The maximum absolute atomic E-state index is 3.48. The van der Waals surface area contributed by atoms with E-state index in [9.17, 15) is 0 Å². The summed E-state index contributed by atoms with van der Waals surface area (Å²) in [6, 6.07) is 2.34. The Morgan fingerprint density at radius 1 is 1.40 bits per heavy atom. The van der Waals surface area contributed by atoms with Crippen LogP contribution in [0.15, 0.2) is 0 Å². The van der Waals surface area contributed by atoms with E-state index >= 15 is 0 Å². The lowest BCUT2D eigenvalue weighted by atomic mass is 10.1. The Hall–Kier alpha value is -0.120. The smallest absolute Gasteiger partial charge is 0.0241 e. The standard InChI is InChI=1S/C12H25N3/c1-4-15(11-5-6-13-8-11)12-7-10(2)14(3)9-12/h10-13H,4-9H2,1-3H3. The Morgan fingerprint density at radius 3 is 2.67 bits per heavy atom. The van der Waals surface area contributed by atoms with Crippen LogP contribution in [-0.2, 0) is 0 Å². The number of nitrogens with one attached hydrogen (secondary N) is 1. The number of rotatable bonds is 3. The van der Waals surface area contributed by atoms with Gasteiger partial charge in [0.15, 0.2) is 0 Å². The molecule has 2 heterocycles. The average Bonchev–Trinajstić information content (AvgIpc) is 2.80. The second-order valence-corrected chi connectivity index (χ2v) is 5.16. The van der Waals surface area contributed by atoms with Crippen molar-refractivity contribution in [3.8, 4) is 0 Å². The van der Waals surface area contributed by atoms with Crippen LogP contribution in [0.5, 0.6) is 0 Å². The fraction of sp³-hybridized carbons (Fsp3) is 1.00. The molecule has 0 aromatic rings. The van der Waals surface area contributed by atoms with Gasteiger partial charge in [-0.05, 0) is 39.9 Å². The second-order valence-electron chi connectivity index (χ2n) is 5.16. The summed E-state index contributed by atoms with van der Waals surface area (Å²) in [4.78, 5) is 5.22. The van der Waals surface area contributed by atoms with Crippen molar-refractivity contribution in [3.05, 3.63) is 0 Å². The molecule has 15 heavy (non-hydrogen) atoms. The summed E-state index contributed by atoms with van der Waals surface area (Å²) in [5.74, 6) is 0. The number of nitrogens with zero attached hydrogens (tertiary/aromatic N) is 2. The quantitative estimate of drug-likeness (QED) is 0.743. The van der Waals surface area contributed by atoms with Gasteiger partial charge in [0.2, 0.25) is 0 Å². The first-order valence-corrected chi connectivity index (χ1v) is 6.39. The van der Waals surface area contributed by atoms with Gasteiger partial charge < -0.3 is 10.2 Å². The number of likely N-dealkylation sites (tertiary alicyclic amines) is 1. The summed E-state index contributed by atoms with van der Waals surface area (Å²) in [6.07, 6.45) is 2.68. The van der Waals surface area contributed by atoms with Gasteiger partial charge in [-0.3, -0.25) is 4.90 Å². The minimum Gasteiger partial charge on any atom is -0.315 e. The van der Waals surface area contributed by atoms with Gasteiger partial charge in [0.1, 0.15) is 0 Å². The van der Waals surface area contributed by atoms with E-state index < -0.39 is 0 Å². The third kappa shape index (κ3) is 2.35. The molecule has 3 nitrogen and oxygen atoms in total. The molecule has 2 saturated heterocycles. The minimum absolute atomic E-state index is 0.762. The molecule has 3 atom stereocenters. The van der Waals surface area contributed by atoms with Crippen molar-refractivity contribution < 1.29 is 0 Å². The third-order valence-electron chi connectivity index (χ3n) is 4.20. The highest BCUT2D eigenvalue weighted by atomic mass is 15.3. The first-order valence-electron chi connectivity index (χ1n) is 6.39. The van der Waals surface area contributed by atoms with Crippen LogP contribution in [0.3, 0.4) is 0 Å². The van der Waals surface area contributed by atoms with E-state index in [1.165, 1.54) is 39.0 Å². The lowest BCUT2D eigenvalue weighted by Crippen LogP contribution is -2.45. The van der Waals surface area contributed by atoms with Crippen LogP contribution < -0.4 is 5.32 Å². The molecule has 0 aliphatic carbocycles. The molecule has 2 fully saturated rings. The number of likely N-dealkylation sites (N-methyl/N-ethyl adjacent to an activating group) is 2. The summed E-state index contributed by atoms with van der Waals surface area (Å²) in [5, 5.41) is 3.48. The monoisotopic (exact) mass is 211 g/mol. The molecular formula is C12H25N3. The largest absolute Gasteiger partial charge is 0.315 e. The van der Waals surface area contributed by atoms with Crippen LogP contribution in [0.25, 0.3) is 0 Å². The first-order chi connectivity index (χ1) is 7.22. The Kier molecular flexibility index (Phi) is 3.65. The molecule has 0 amide bonds. The van der Waals surface area contributed by atoms with Crippen LogP contribution in [0.4, 0.5) is 0 Å². The zero-order valence-corrected chi connectivity index (χ0v) is 10.4. The van der Waals surface area contributed by atoms with E-state index in [0.717, 1.165) is 18.1 Å². The van der Waals surface area contributed by atoms with E-state index in [1.807, 2.05) is 0 Å². The van der Waals surface area contributed by atoms with Gasteiger partial charge in [0, 0.05) is 31.2 Å². The highest BCUT2D eigenvalue weighted by Gasteiger charge is 2.34. The second kappa shape index (κ2) is 4.81. The fourth-order valence-corrected chi connectivity index (χ4v) is 3.14. The highest BCUT2D eigenvalue weighted by molar-refractivity contribution is 4.91. The zero-order chi connectivity index (χ0) is 10.8. The van der Waals surface area contributed by atoms with Gasteiger partial charge in [-0.25, -0.2) is 0 Å². The lowest BCUT2D eigenvalue weighted by Gasteiger charge is -2.32. The van der Waals surface area contributed by atoms with Crippen molar-refractivity contribution in [1.82, 2.24) is 15.1 Å². The fourth-order valence-electron chi connectivity index (χ4n) is 3.14. The molecular weight excluding hydrogens is 186 g/mol. The molecule has 2 aliphatic heterocycles. The van der Waals surface area contributed by atoms with Crippen molar-refractivity contribution >= 4 is 0 Å². The molecule has 0 bridgehead atoms. The molecule has 88 valence electrons. The Labute approximate surface area is 93.8 Å². The molecule has 0 aromatic heterocycles. The molecule has 0 aromatic carbocycles. The van der Waals surface area contributed by atoms with Gasteiger partial charge in [0.05, 0.1) is 0 Å². The number of hydrogen-bond donors (Lipinski definition) is 1. The summed E-state index contributed by atoms with van der Waals surface area (Å²) in [7, 11) is 2.26. The van der Waals surface area contributed by atoms with E-state index in [1.54, 1.807) is 0 Å². The van der Waals surface area contributed by atoms with Gasteiger partial charge in [-0.15, -0.1) is 0 Å². The summed E-state index contributed by atoms with van der Waals surface area (Å²) in [6.45, 7) is 9.52. The van der Waals surface area contributed by atoms with E-state index in [-0.39, 0.29) is 0 Å². The van der Waals surface area contributed by atoms with E-state index in [2.05, 4.69) is 36.0 Å². The average molecular weight is 211 g/mol. The number of hydrogen-bond acceptors (Lipinski definition) is 3. The molecule has 3 heteroatoms. The maximum Gasteiger partial charge on any atom is 0.0241 e. The van der Waals surface area contributed by atoms with Gasteiger partial charge in [0.25, 0.3) is 0 Å². The zero-order valence-electron chi connectivity index (χ0n) is 10.4. The van der Waals surface area contributed by atoms with Crippen LogP contribution in [0.1, 0.15) is 26.7 Å². The van der Waals surface area contributed by atoms with Gasteiger partial charge in [-0.1, -0.05) is 6.92 Å². The van der Waals surface area contributed by atoms with E-state index in [0.29, 0.717) is 0 Å². The van der Waals surface area contributed by atoms with Crippen molar-refractivity contribution in [2.24, 2.45) is 0 Å². The highest BCUT2D eigenvalue weighted by Crippen LogP contribution is 2.23. The summed E-state index contributed by atoms with van der Waals surface area (Å²) >= 11 is 0. The molecule has 0 saturated carbocycles. The van der Waals surface area contributed by atoms with Crippen LogP contribution >= 0.6 is 0 Å². The van der Waals surface area contributed by atoms with Gasteiger partial charge >= 0.3 is 0 Å². The third-order valence-corrected chi connectivity index (χ3v) is 4.20. The molecule has 2 aliphatic rings. The molecule has 3 unspecified atom stereocenters. The normalized spacial score (nSPS) is 38.0. The first kappa shape index (κ1) is 11.4. The van der Waals surface area contributed by atoms with Crippen LogP contribution in [-0.4, -0.2) is 61.2 Å². The Balaban J connectivity index is 1.94. The van der Waals surface area contributed by atoms with Crippen molar-refractivity contribution in [2.75, 3.05) is 33.2 Å². The SMILES string of the molecule is CCN(C1CCNC1)C1CC(C)N(C)C1. The summed E-state index contributed by atoms with van der Waals surface area (Å²) < 4.78 is 0. The summed E-state index contributed by atoms with van der Waals surface area (Å²) in [5.41, 5.74) is 0. The maximum atomic E-state index is 3.48. The Bertz CT molecular complexity index is 191. The Morgan fingerprint density at radius 2 is 2.20 bits per heavy atom. The molecule has 2 rings (SSSR count). The van der Waals surface area contributed by atoms with Crippen molar-refractivity contribution in [2.45, 2.75) is 44.8 Å². The molecule has 0 radical (unpaired) electrons. The van der Waals surface area contributed by atoms with Gasteiger partial charge in [-0.2, -0.15) is 0 Å². The van der Waals surface area contributed by atoms with E-state index in [4.69, 9.17) is 0 Å². The molecule has 0 spiro atoms. The lowest BCUT2D eigenvalue weighted by molar-refractivity contribution is 0.154. The molecule has 1 N–H and O–H groups in total. The predicted octanol–water partition coefficient (Wildman–Crippen LogP) is 0.763.